The number of halogens is 3. The molecule has 8 heteroatoms. The summed E-state index contributed by atoms with van der Waals surface area (Å²) < 4.78 is 7.61. The highest BCUT2D eigenvalue weighted by Crippen LogP contribution is 2.15. The second-order valence-corrected chi connectivity index (χ2v) is 4.83. The fourth-order valence-corrected chi connectivity index (χ4v) is 2.60. The third kappa shape index (κ3) is 4.72. The van der Waals surface area contributed by atoms with E-state index in [4.69, 9.17) is 10.5 Å². The van der Waals surface area contributed by atoms with Gasteiger partial charge in [0.25, 0.3) is 0 Å². The minimum Gasteiger partial charge on any atom is -0.379 e. The third-order valence-electron chi connectivity index (χ3n) is 3.66. The lowest BCUT2D eigenvalue weighted by Gasteiger charge is -2.26. The molecule has 0 amide bonds. The summed E-state index contributed by atoms with van der Waals surface area (Å²) in [6.07, 6.45) is 0. The number of rotatable bonds is 4. The zero-order valence-corrected chi connectivity index (χ0v) is 14.8. The van der Waals surface area contributed by atoms with E-state index in [1.165, 1.54) is 5.52 Å². The molecule has 1 aromatic heterocycles. The molecule has 126 valence electrons. The minimum absolute atomic E-state index is 0. The summed E-state index contributed by atoms with van der Waals surface area (Å²) >= 11 is 0. The van der Waals surface area contributed by atoms with Gasteiger partial charge in [-0.25, -0.2) is 4.98 Å². The highest BCUT2D eigenvalue weighted by Gasteiger charge is 2.13. The molecule has 0 unspecified atom stereocenters. The van der Waals surface area contributed by atoms with Gasteiger partial charge in [-0.15, -0.1) is 37.2 Å². The fraction of sp³-hybridized carbons (Fsp3) is 0.500. The lowest BCUT2D eigenvalue weighted by molar-refractivity contribution is 0.0364. The van der Waals surface area contributed by atoms with Gasteiger partial charge in [0.1, 0.15) is 5.82 Å². The van der Waals surface area contributed by atoms with Crippen molar-refractivity contribution in [3.05, 3.63) is 30.1 Å². The first-order valence-electron chi connectivity index (χ1n) is 6.83. The predicted octanol–water partition coefficient (Wildman–Crippen LogP) is 2.09. The number of aromatic nitrogens is 2. The Morgan fingerprint density at radius 3 is 2.41 bits per heavy atom. The molecule has 1 aliphatic rings. The van der Waals surface area contributed by atoms with Crippen molar-refractivity contribution in [1.82, 2.24) is 14.5 Å². The number of fused-ring (bicyclic) bond motifs is 1. The van der Waals surface area contributed by atoms with Crippen molar-refractivity contribution in [2.75, 3.05) is 32.8 Å². The van der Waals surface area contributed by atoms with Crippen molar-refractivity contribution < 1.29 is 4.74 Å². The third-order valence-corrected chi connectivity index (χ3v) is 3.66. The molecule has 3 rings (SSSR count). The summed E-state index contributed by atoms with van der Waals surface area (Å²) in [5.41, 5.74) is 8.02. The van der Waals surface area contributed by atoms with Crippen molar-refractivity contribution in [2.24, 2.45) is 5.73 Å². The first-order chi connectivity index (χ1) is 9.38. The average Bonchev–Trinajstić information content (AvgIpc) is 2.84. The van der Waals surface area contributed by atoms with Crippen LogP contribution in [0.25, 0.3) is 11.0 Å². The molecule has 22 heavy (non-hydrogen) atoms. The maximum absolute atomic E-state index is 5.81. The zero-order valence-electron chi connectivity index (χ0n) is 12.3. The second-order valence-electron chi connectivity index (χ2n) is 4.83. The van der Waals surface area contributed by atoms with Crippen LogP contribution in [0.5, 0.6) is 0 Å². The van der Waals surface area contributed by atoms with Crippen molar-refractivity contribution >= 4 is 48.3 Å². The van der Waals surface area contributed by atoms with Crippen LogP contribution in [0.1, 0.15) is 5.82 Å². The Hall–Kier alpha value is -0.560. The molecule has 2 aromatic rings. The first kappa shape index (κ1) is 21.4. The van der Waals surface area contributed by atoms with Gasteiger partial charge >= 0.3 is 0 Å². The molecule has 0 bridgehead atoms. The van der Waals surface area contributed by atoms with Gasteiger partial charge < -0.3 is 15.0 Å². The number of hydrogen-bond acceptors (Lipinski definition) is 4. The van der Waals surface area contributed by atoms with Crippen LogP contribution in [0, 0.1) is 0 Å². The highest BCUT2D eigenvalue weighted by molar-refractivity contribution is 5.86. The second kappa shape index (κ2) is 10.3. The van der Waals surface area contributed by atoms with Gasteiger partial charge in [-0.05, 0) is 12.1 Å². The summed E-state index contributed by atoms with van der Waals surface area (Å²) in [4.78, 5) is 7.02. The van der Waals surface area contributed by atoms with Crippen molar-refractivity contribution in [3.8, 4) is 0 Å². The molecule has 2 N–H and O–H groups in total. The zero-order chi connectivity index (χ0) is 13.1. The Bertz CT molecular complexity index is 558. The van der Waals surface area contributed by atoms with Crippen LogP contribution in [0.2, 0.25) is 0 Å². The number of para-hydroxylation sites is 2. The SMILES string of the molecule is Cl.Cl.Cl.NCc1nc2ccccc2n1CCN1CCOCC1. The van der Waals surface area contributed by atoms with E-state index in [0.717, 1.165) is 50.7 Å². The van der Waals surface area contributed by atoms with Gasteiger partial charge in [0, 0.05) is 26.2 Å². The van der Waals surface area contributed by atoms with Crippen LogP contribution in [0.15, 0.2) is 24.3 Å². The van der Waals surface area contributed by atoms with Crippen LogP contribution in [-0.4, -0.2) is 47.3 Å². The Morgan fingerprint density at radius 2 is 1.73 bits per heavy atom. The van der Waals surface area contributed by atoms with E-state index in [9.17, 15) is 0 Å². The van der Waals surface area contributed by atoms with E-state index in [1.807, 2.05) is 12.1 Å². The molecular formula is C14H23Cl3N4O. The number of imidazole rings is 1. The van der Waals surface area contributed by atoms with Crippen LogP contribution >= 0.6 is 37.2 Å². The van der Waals surface area contributed by atoms with Crippen molar-refractivity contribution in [1.29, 1.82) is 0 Å². The predicted molar refractivity (Wildman–Crippen MR) is 96.6 cm³/mol. The molecule has 0 spiro atoms. The molecule has 1 aliphatic heterocycles. The summed E-state index contributed by atoms with van der Waals surface area (Å²) in [6, 6.07) is 8.22. The van der Waals surface area contributed by atoms with Gasteiger partial charge in [0.2, 0.25) is 0 Å². The molecule has 1 aromatic carbocycles. The van der Waals surface area contributed by atoms with Gasteiger partial charge in [0.15, 0.2) is 0 Å². The lowest BCUT2D eigenvalue weighted by atomic mass is 10.3. The molecule has 0 atom stereocenters. The van der Waals surface area contributed by atoms with Gasteiger partial charge in [0.05, 0.1) is 30.8 Å². The number of nitrogens with two attached hydrogens (primary N) is 1. The Morgan fingerprint density at radius 1 is 1.05 bits per heavy atom. The molecule has 2 heterocycles. The molecule has 0 saturated carbocycles. The molecular weight excluding hydrogens is 347 g/mol. The molecule has 0 radical (unpaired) electrons. The van der Waals surface area contributed by atoms with Gasteiger partial charge in [-0.3, -0.25) is 4.90 Å². The largest absolute Gasteiger partial charge is 0.379 e. The van der Waals surface area contributed by atoms with Crippen molar-refractivity contribution in [3.63, 3.8) is 0 Å². The van der Waals surface area contributed by atoms with E-state index in [-0.39, 0.29) is 37.2 Å². The van der Waals surface area contributed by atoms with E-state index in [2.05, 4.69) is 26.6 Å². The quantitative estimate of drug-likeness (QED) is 0.896. The molecule has 5 nitrogen and oxygen atoms in total. The van der Waals surface area contributed by atoms with E-state index in [0.29, 0.717) is 6.54 Å². The Kier molecular flexibility index (Phi) is 10.00. The topological polar surface area (TPSA) is 56.3 Å². The van der Waals surface area contributed by atoms with Crippen LogP contribution in [0.4, 0.5) is 0 Å². The normalized spacial score (nSPS) is 14.8. The summed E-state index contributed by atoms with van der Waals surface area (Å²) in [7, 11) is 0. The summed E-state index contributed by atoms with van der Waals surface area (Å²) in [5, 5.41) is 0. The molecule has 1 fully saturated rings. The fourth-order valence-electron chi connectivity index (χ4n) is 2.60. The molecule has 1 saturated heterocycles. The summed E-state index contributed by atoms with van der Waals surface area (Å²) in [6.45, 7) is 6.17. The van der Waals surface area contributed by atoms with E-state index < -0.39 is 0 Å². The maximum Gasteiger partial charge on any atom is 0.123 e. The van der Waals surface area contributed by atoms with Crippen LogP contribution in [0.3, 0.4) is 0 Å². The Balaban J connectivity index is 0.00000147. The van der Waals surface area contributed by atoms with Gasteiger partial charge in [-0.2, -0.15) is 0 Å². The van der Waals surface area contributed by atoms with E-state index >= 15 is 0 Å². The number of ether oxygens (including phenoxy) is 1. The van der Waals surface area contributed by atoms with Crippen LogP contribution in [-0.2, 0) is 17.8 Å². The maximum atomic E-state index is 5.81. The standard InChI is InChI=1S/C14H20N4O.3ClH/c15-11-14-16-12-3-1-2-4-13(12)18(14)6-5-17-7-9-19-10-8-17;;;/h1-4H,5-11,15H2;3*1H. The minimum atomic E-state index is 0. The molecule has 0 aliphatic carbocycles. The van der Waals surface area contributed by atoms with Crippen LogP contribution < -0.4 is 5.73 Å². The number of hydrogen-bond donors (Lipinski definition) is 1. The monoisotopic (exact) mass is 368 g/mol. The van der Waals surface area contributed by atoms with E-state index in [1.54, 1.807) is 0 Å². The van der Waals surface area contributed by atoms with Crippen molar-refractivity contribution in [2.45, 2.75) is 13.1 Å². The first-order valence-corrected chi connectivity index (χ1v) is 6.83. The summed E-state index contributed by atoms with van der Waals surface area (Å²) in [5.74, 6) is 0.967. The lowest BCUT2D eigenvalue weighted by Crippen LogP contribution is -2.38. The average molecular weight is 370 g/mol. The number of morpholine rings is 1. The number of nitrogens with zero attached hydrogens (tertiary/aromatic N) is 3. The van der Waals surface area contributed by atoms with Gasteiger partial charge in [-0.1, -0.05) is 12.1 Å². The smallest absolute Gasteiger partial charge is 0.123 e. The Labute approximate surface area is 149 Å². The highest BCUT2D eigenvalue weighted by atomic mass is 35.5. The number of benzene rings is 1.